The van der Waals surface area contributed by atoms with Gasteiger partial charge >= 0.3 is 0 Å². The molecule has 166 valence electrons. The molecule has 1 heterocycles. The third-order valence-electron chi connectivity index (χ3n) is 4.82. The molecule has 3 N–H and O–H groups in total. The number of para-hydroxylation sites is 1. The first-order valence-electron chi connectivity index (χ1n) is 10.4. The van der Waals surface area contributed by atoms with Gasteiger partial charge in [0.05, 0.1) is 23.3 Å². The second-order valence-corrected chi connectivity index (χ2v) is 8.17. The number of amides is 3. The van der Waals surface area contributed by atoms with Crippen LogP contribution in [0.1, 0.15) is 37.0 Å². The number of hydrazine groups is 1. The molecule has 0 unspecified atom stereocenters. The molecule has 1 aromatic heterocycles. The average molecular weight is 453 g/mol. The molecule has 0 aliphatic heterocycles. The zero-order valence-corrected chi connectivity index (χ0v) is 18.7. The third kappa shape index (κ3) is 6.04. The summed E-state index contributed by atoms with van der Waals surface area (Å²) < 4.78 is 0. The van der Waals surface area contributed by atoms with Crippen LogP contribution in [0.2, 0.25) is 5.02 Å². The number of benzene rings is 2. The van der Waals surface area contributed by atoms with Crippen LogP contribution in [0.3, 0.4) is 0 Å². The van der Waals surface area contributed by atoms with E-state index < -0.39 is 11.8 Å². The highest BCUT2D eigenvalue weighted by atomic mass is 35.5. The van der Waals surface area contributed by atoms with Crippen molar-refractivity contribution in [1.29, 1.82) is 0 Å². The van der Waals surface area contributed by atoms with Crippen molar-refractivity contribution < 1.29 is 14.4 Å². The number of fused-ring (bicyclic) bond motifs is 1. The van der Waals surface area contributed by atoms with Gasteiger partial charge < -0.3 is 5.32 Å². The molecule has 0 bridgehead atoms. The van der Waals surface area contributed by atoms with Gasteiger partial charge in [0.1, 0.15) is 0 Å². The highest BCUT2D eigenvalue weighted by Crippen LogP contribution is 2.29. The number of pyridine rings is 1. The zero-order chi connectivity index (χ0) is 23.1. The van der Waals surface area contributed by atoms with Crippen molar-refractivity contribution in [2.45, 2.75) is 26.7 Å². The molecule has 7 nitrogen and oxygen atoms in total. The van der Waals surface area contributed by atoms with Crippen LogP contribution in [0.5, 0.6) is 0 Å². The van der Waals surface area contributed by atoms with E-state index in [-0.39, 0.29) is 12.5 Å². The third-order valence-corrected chi connectivity index (χ3v) is 5.15. The lowest BCUT2D eigenvalue weighted by Crippen LogP contribution is -2.46. The molecule has 0 atom stereocenters. The summed E-state index contributed by atoms with van der Waals surface area (Å²) >= 11 is 6.31. The van der Waals surface area contributed by atoms with Crippen LogP contribution in [0.4, 0.5) is 0 Å². The van der Waals surface area contributed by atoms with E-state index in [0.717, 1.165) is 6.42 Å². The summed E-state index contributed by atoms with van der Waals surface area (Å²) in [6.07, 6.45) is 1.10. The van der Waals surface area contributed by atoms with E-state index in [2.05, 4.69) is 21.2 Å². The molecule has 0 aliphatic carbocycles. The zero-order valence-electron chi connectivity index (χ0n) is 17.9. The first kappa shape index (κ1) is 23.2. The van der Waals surface area contributed by atoms with Crippen molar-refractivity contribution in [3.63, 3.8) is 0 Å². The number of aromatic nitrogens is 1. The van der Waals surface area contributed by atoms with Gasteiger partial charge in [0.15, 0.2) is 0 Å². The fourth-order valence-corrected chi connectivity index (χ4v) is 3.33. The molecule has 3 amide bonds. The first-order valence-corrected chi connectivity index (χ1v) is 10.7. The molecule has 3 aromatic rings. The Kier molecular flexibility index (Phi) is 7.78. The van der Waals surface area contributed by atoms with Crippen LogP contribution in [-0.2, 0) is 9.59 Å². The average Bonchev–Trinajstić information content (AvgIpc) is 2.79. The molecular formula is C24H25ClN4O3. The van der Waals surface area contributed by atoms with Crippen molar-refractivity contribution in [3.05, 3.63) is 65.2 Å². The van der Waals surface area contributed by atoms with Crippen LogP contribution in [0.25, 0.3) is 22.2 Å². The summed E-state index contributed by atoms with van der Waals surface area (Å²) in [5, 5.41) is 3.69. The quantitative estimate of drug-likeness (QED) is 0.474. The highest BCUT2D eigenvalue weighted by molar-refractivity contribution is 6.33. The standard InChI is InChI=1S/C24H25ClN4O3/c1-15(2)11-12-22(30)26-14-23(31)28-29-24(32)18-13-21(17-8-3-5-9-19(17)25)27-20-10-6-4-7-16(18)20/h3-10,13,15H,11-12,14H2,1-2H3,(H,26,30)(H,28,31)(H,29,32). The van der Waals surface area contributed by atoms with E-state index in [1.807, 2.05) is 38.1 Å². The normalized spacial score (nSPS) is 10.8. The number of nitrogens with zero attached hydrogens (tertiary/aromatic N) is 1. The SMILES string of the molecule is CC(C)CCC(=O)NCC(=O)NNC(=O)c1cc(-c2ccccc2Cl)nc2ccccc12. The molecule has 8 heteroatoms. The Bertz CT molecular complexity index is 1150. The molecule has 3 rings (SSSR count). The maximum atomic E-state index is 12.9. The second kappa shape index (κ2) is 10.7. The highest BCUT2D eigenvalue weighted by Gasteiger charge is 2.16. The van der Waals surface area contributed by atoms with Crippen molar-refractivity contribution in [2.24, 2.45) is 5.92 Å². The van der Waals surface area contributed by atoms with Crippen LogP contribution >= 0.6 is 11.6 Å². The van der Waals surface area contributed by atoms with Gasteiger partial charge in [-0.25, -0.2) is 4.98 Å². The molecule has 0 saturated carbocycles. The lowest BCUT2D eigenvalue weighted by Gasteiger charge is -2.12. The minimum atomic E-state index is -0.527. The minimum absolute atomic E-state index is 0.204. The van der Waals surface area contributed by atoms with E-state index in [1.54, 1.807) is 30.3 Å². The topological polar surface area (TPSA) is 100 Å². The van der Waals surface area contributed by atoms with Crippen LogP contribution in [0, 0.1) is 5.92 Å². The van der Waals surface area contributed by atoms with E-state index >= 15 is 0 Å². The maximum absolute atomic E-state index is 12.9. The van der Waals surface area contributed by atoms with Gasteiger partial charge in [-0.2, -0.15) is 0 Å². The summed E-state index contributed by atoms with van der Waals surface area (Å²) in [7, 11) is 0. The molecular weight excluding hydrogens is 428 g/mol. The van der Waals surface area contributed by atoms with Gasteiger partial charge in [-0.05, 0) is 30.5 Å². The lowest BCUT2D eigenvalue weighted by atomic mass is 10.0. The summed E-state index contributed by atoms with van der Waals surface area (Å²) in [4.78, 5) is 41.3. The Morgan fingerprint density at radius 1 is 0.969 bits per heavy atom. The molecule has 0 aliphatic rings. The van der Waals surface area contributed by atoms with Crippen LogP contribution in [-0.4, -0.2) is 29.3 Å². The van der Waals surface area contributed by atoms with Crippen LogP contribution < -0.4 is 16.2 Å². The summed E-state index contributed by atoms with van der Waals surface area (Å²) in [6, 6.07) is 16.1. The molecule has 0 saturated heterocycles. The fraction of sp³-hybridized carbons (Fsp3) is 0.250. The summed E-state index contributed by atoms with van der Waals surface area (Å²) in [5.41, 5.74) is 6.95. The molecule has 0 fully saturated rings. The number of rotatable bonds is 7. The fourth-order valence-electron chi connectivity index (χ4n) is 3.10. The van der Waals surface area contributed by atoms with Gasteiger partial charge in [0.25, 0.3) is 11.8 Å². The molecule has 2 aromatic carbocycles. The Morgan fingerprint density at radius 3 is 2.44 bits per heavy atom. The van der Waals surface area contributed by atoms with Crippen molar-refractivity contribution >= 4 is 40.2 Å². The Morgan fingerprint density at radius 2 is 1.69 bits per heavy atom. The van der Waals surface area contributed by atoms with Crippen LogP contribution in [0.15, 0.2) is 54.6 Å². The Hall–Kier alpha value is -3.45. The van der Waals surface area contributed by atoms with Gasteiger partial charge in [-0.1, -0.05) is 61.8 Å². The number of carbonyl (C=O) groups is 3. The predicted octanol–water partition coefficient (Wildman–Crippen LogP) is 3.87. The molecule has 0 spiro atoms. The number of hydrogen-bond acceptors (Lipinski definition) is 4. The largest absolute Gasteiger partial charge is 0.347 e. The van der Waals surface area contributed by atoms with Gasteiger partial charge in [-0.15, -0.1) is 0 Å². The first-order chi connectivity index (χ1) is 15.3. The van der Waals surface area contributed by atoms with Crippen molar-refractivity contribution in [2.75, 3.05) is 6.54 Å². The smallest absolute Gasteiger partial charge is 0.270 e. The number of halogens is 1. The monoisotopic (exact) mass is 452 g/mol. The summed E-state index contributed by atoms with van der Waals surface area (Å²) in [6.45, 7) is 3.82. The van der Waals surface area contributed by atoms with Crippen molar-refractivity contribution in [3.8, 4) is 11.3 Å². The maximum Gasteiger partial charge on any atom is 0.270 e. The Labute approximate surface area is 191 Å². The summed E-state index contributed by atoms with van der Waals surface area (Å²) in [5.74, 6) is -0.832. The van der Waals surface area contributed by atoms with E-state index in [4.69, 9.17) is 11.6 Å². The number of hydrogen-bond donors (Lipinski definition) is 3. The Balaban J connectivity index is 1.71. The number of carbonyl (C=O) groups excluding carboxylic acids is 3. The van der Waals surface area contributed by atoms with Gasteiger partial charge in [0.2, 0.25) is 5.91 Å². The van der Waals surface area contributed by atoms with E-state index in [9.17, 15) is 14.4 Å². The van der Waals surface area contributed by atoms with Gasteiger partial charge in [-0.3, -0.25) is 25.2 Å². The number of nitrogens with one attached hydrogen (secondary N) is 3. The van der Waals surface area contributed by atoms with Gasteiger partial charge in [0, 0.05) is 22.4 Å². The van der Waals surface area contributed by atoms with E-state index in [1.165, 1.54) is 0 Å². The second-order valence-electron chi connectivity index (χ2n) is 7.76. The molecule has 32 heavy (non-hydrogen) atoms. The van der Waals surface area contributed by atoms with Crippen molar-refractivity contribution in [1.82, 2.24) is 21.2 Å². The predicted molar refractivity (Wildman–Crippen MR) is 125 cm³/mol. The molecule has 0 radical (unpaired) electrons. The lowest BCUT2D eigenvalue weighted by molar-refractivity contribution is -0.126. The minimum Gasteiger partial charge on any atom is -0.347 e. The van der Waals surface area contributed by atoms with E-state index in [0.29, 0.717) is 45.1 Å².